The van der Waals surface area contributed by atoms with Crippen LogP contribution in [0, 0.1) is 5.41 Å². The summed E-state index contributed by atoms with van der Waals surface area (Å²) in [6.45, 7) is 10.5. The van der Waals surface area contributed by atoms with Crippen LogP contribution in [-0.2, 0) is 0 Å². The minimum absolute atomic E-state index is 0.114. The third kappa shape index (κ3) is 3.32. The van der Waals surface area contributed by atoms with Crippen molar-refractivity contribution in [1.82, 2.24) is 0 Å². The molecule has 94 valence electrons. The molecule has 0 aromatic heterocycles. The van der Waals surface area contributed by atoms with Crippen molar-refractivity contribution in [2.24, 2.45) is 5.41 Å². The predicted octanol–water partition coefficient (Wildman–Crippen LogP) is 3.76. The molecule has 0 saturated heterocycles. The molecule has 0 aliphatic heterocycles. The van der Waals surface area contributed by atoms with E-state index in [2.05, 4.69) is 39.6 Å². The van der Waals surface area contributed by atoms with Gasteiger partial charge in [0, 0.05) is 24.3 Å². The first-order chi connectivity index (χ1) is 7.73. The summed E-state index contributed by atoms with van der Waals surface area (Å²) >= 11 is 0. The van der Waals surface area contributed by atoms with E-state index in [0.717, 1.165) is 11.3 Å². The van der Waals surface area contributed by atoms with Gasteiger partial charge < -0.3 is 4.90 Å². The Bertz CT molecular complexity index is 386. The highest BCUT2D eigenvalue weighted by molar-refractivity contribution is 5.94. The zero-order valence-electron chi connectivity index (χ0n) is 11.7. The number of ketones is 1. The lowest BCUT2D eigenvalue weighted by Gasteiger charge is -2.37. The molecule has 0 saturated carbocycles. The highest BCUT2D eigenvalue weighted by Crippen LogP contribution is 2.27. The molecule has 0 aliphatic rings. The molecule has 2 heteroatoms. The maximum absolute atomic E-state index is 11.2. The number of carbonyl (C=O) groups is 1. The molecule has 0 heterocycles. The Hall–Kier alpha value is -1.31. The van der Waals surface area contributed by atoms with Crippen LogP contribution in [0.3, 0.4) is 0 Å². The Labute approximate surface area is 105 Å². The first-order valence-corrected chi connectivity index (χ1v) is 6.07. The van der Waals surface area contributed by atoms with Crippen LogP contribution >= 0.6 is 0 Å². The molecule has 1 unspecified atom stereocenters. The Morgan fingerprint density at radius 3 is 2.00 bits per heavy atom. The lowest BCUT2D eigenvalue weighted by molar-refractivity contribution is 0.101. The van der Waals surface area contributed by atoms with Crippen LogP contribution in [0.1, 0.15) is 45.0 Å². The van der Waals surface area contributed by atoms with E-state index in [1.54, 1.807) is 6.92 Å². The quantitative estimate of drug-likeness (QED) is 0.741. The van der Waals surface area contributed by atoms with Gasteiger partial charge in [-0.25, -0.2) is 0 Å². The number of anilines is 1. The van der Waals surface area contributed by atoms with Crippen LogP contribution in [0.15, 0.2) is 24.3 Å². The van der Waals surface area contributed by atoms with Crippen LogP contribution < -0.4 is 4.90 Å². The van der Waals surface area contributed by atoms with E-state index in [1.165, 1.54) is 0 Å². The molecule has 1 aromatic carbocycles. The molecule has 0 N–H and O–H groups in total. The van der Waals surface area contributed by atoms with Crippen LogP contribution in [-0.4, -0.2) is 18.9 Å². The smallest absolute Gasteiger partial charge is 0.159 e. The molecule has 0 bridgehead atoms. The van der Waals surface area contributed by atoms with Crippen molar-refractivity contribution in [2.45, 2.75) is 40.7 Å². The van der Waals surface area contributed by atoms with E-state index in [1.807, 2.05) is 24.3 Å². The molecule has 0 amide bonds. The maximum atomic E-state index is 11.2. The Kier molecular flexibility index (Phi) is 3.97. The largest absolute Gasteiger partial charge is 0.371 e. The second-order valence-electron chi connectivity index (χ2n) is 5.76. The van der Waals surface area contributed by atoms with Gasteiger partial charge in [-0.15, -0.1) is 0 Å². The van der Waals surface area contributed by atoms with Gasteiger partial charge in [0.15, 0.2) is 5.78 Å². The summed E-state index contributed by atoms with van der Waals surface area (Å²) in [6.07, 6.45) is 0. The van der Waals surface area contributed by atoms with Gasteiger partial charge in [0.1, 0.15) is 0 Å². The molecule has 0 aliphatic carbocycles. The third-order valence-corrected chi connectivity index (χ3v) is 3.52. The topological polar surface area (TPSA) is 20.3 Å². The van der Waals surface area contributed by atoms with Crippen molar-refractivity contribution >= 4 is 11.5 Å². The van der Waals surface area contributed by atoms with Crippen LogP contribution in [0.25, 0.3) is 0 Å². The lowest BCUT2D eigenvalue weighted by Crippen LogP contribution is -2.39. The van der Waals surface area contributed by atoms with E-state index in [-0.39, 0.29) is 11.2 Å². The molecule has 1 atom stereocenters. The van der Waals surface area contributed by atoms with Crippen molar-refractivity contribution in [3.05, 3.63) is 29.8 Å². The molecule has 2 nitrogen and oxygen atoms in total. The summed E-state index contributed by atoms with van der Waals surface area (Å²) in [6, 6.07) is 8.25. The Morgan fingerprint density at radius 1 is 1.18 bits per heavy atom. The number of Topliss-reactive ketones (excluding diaryl/α,β-unsaturated/α-hetero) is 1. The highest BCUT2D eigenvalue weighted by atomic mass is 16.1. The van der Waals surface area contributed by atoms with E-state index in [4.69, 9.17) is 0 Å². The van der Waals surface area contributed by atoms with Gasteiger partial charge in [-0.1, -0.05) is 20.8 Å². The molecule has 0 radical (unpaired) electrons. The van der Waals surface area contributed by atoms with Gasteiger partial charge in [-0.3, -0.25) is 4.79 Å². The van der Waals surface area contributed by atoms with E-state index in [0.29, 0.717) is 6.04 Å². The summed E-state index contributed by atoms with van der Waals surface area (Å²) < 4.78 is 0. The number of hydrogen-bond donors (Lipinski definition) is 0. The summed E-state index contributed by atoms with van der Waals surface area (Å²) in [7, 11) is 2.10. The zero-order valence-corrected chi connectivity index (χ0v) is 11.7. The van der Waals surface area contributed by atoms with Crippen molar-refractivity contribution in [3.8, 4) is 0 Å². The average Bonchev–Trinajstić information content (AvgIpc) is 2.26. The van der Waals surface area contributed by atoms with Gasteiger partial charge in [-0.05, 0) is 43.5 Å². The van der Waals surface area contributed by atoms with Gasteiger partial charge in [-0.2, -0.15) is 0 Å². The minimum Gasteiger partial charge on any atom is -0.371 e. The number of carbonyl (C=O) groups excluding carboxylic acids is 1. The average molecular weight is 233 g/mol. The van der Waals surface area contributed by atoms with Gasteiger partial charge in [0.05, 0.1) is 0 Å². The predicted molar refractivity (Wildman–Crippen MR) is 73.8 cm³/mol. The number of rotatable bonds is 3. The van der Waals surface area contributed by atoms with Crippen LogP contribution in [0.4, 0.5) is 5.69 Å². The fourth-order valence-electron chi connectivity index (χ4n) is 1.74. The van der Waals surface area contributed by atoms with Crippen molar-refractivity contribution in [1.29, 1.82) is 0 Å². The Balaban J connectivity index is 2.90. The highest BCUT2D eigenvalue weighted by Gasteiger charge is 2.24. The summed E-state index contributed by atoms with van der Waals surface area (Å²) in [5, 5.41) is 0. The standard InChI is InChI=1S/C15H23NO/c1-11(17)13-7-9-14(10-8-13)16(6)12(2)15(3,4)5/h7-10,12H,1-6H3. The van der Waals surface area contributed by atoms with E-state index in [9.17, 15) is 4.79 Å². The number of nitrogens with zero attached hydrogens (tertiary/aromatic N) is 1. The maximum Gasteiger partial charge on any atom is 0.159 e. The fraction of sp³-hybridized carbons (Fsp3) is 0.533. The monoisotopic (exact) mass is 233 g/mol. The third-order valence-electron chi connectivity index (χ3n) is 3.52. The number of hydrogen-bond acceptors (Lipinski definition) is 2. The first kappa shape index (κ1) is 13.8. The van der Waals surface area contributed by atoms with Crippen molar-refractivity contribution < 1.29 is 4.79 Å². The van der Waals surface area contributed by atoms with Gasteiger partial charge >= 0.3 is 0 Å². The second kappa shape index (κ2) is 4.91. The SMILES string of the molecule is CC(=O)c1ccc(N(C)C(C)C(C)(C)C)cc1. The zero-order chi connectivity index (χ0) is 13.2. The molecular formula is C15H23NO. The fourth-order valence-corrected chi connectivity index (χ4v) is 1.74. The minimum atomic E-state index is 0.114. The van der Waals surface area contributed by atoms with Crippen molar-refractivity contribution in [2.75, 3.05) is 11.9 Å². The molecule has 1 rings (SSSR count). The summed E-state index contributed by atoms with van der Waals surface area (Å²) in [5.74, 6) is 0.114. The van der Waals surface area contributed by atoms with Gasteiger partial charge in [0.2, 0.25) is 0 Å². The molecule has 0 spiro atoms. The Morgan fingerprint density at radius 2 is 1.65 bits per heavy atom. The molecular weight excluding hydrogens is 210 g/mol. The summed E-state index contributed by atoms with van der Waals surface area (Å²) in [4.78, 5) is 13.5. The normalized spacial score (nSPS) is 13.3. The number of benzene rings is 1. The first-order valence-electron chi connectivity index (χ1n) is 6.07. The van der Waals surface area contributed by atoms with E-state index >= 15 is 0 Å². The molecule has 17 heavy (non-hydrogen) atoms. The molecule has 0 fully saturated rings. The second-order valence-corrected chi connectivity index (χ2v) is 5.76. The van der Waals surface area contributed by atoms with Crippen molar-refractivity contribution in [3.63, 3.8) is 0 Å². The lowest BCUT2D eigenvalue weighted by atomic mass is 9.87. The molecule has 1 aromatic rings. The van der Waals surface area contributed by atoms with Crippen LogP contribution in [0.2, 0.25) is 0 Å². The summed E-state index contributed by atoms with van der Waals surface area (Å²) in [5.41, 5.74) is 2.15. The van der Waals surface area contributed by atoms with Crippen LogP contribution in [0.5, 0.6) is 0 Å². The van der Waals surface area contributed by atoms with E-state index < -0.39 is 0 Å². The van der Waals surface area contributed by atoms with Gasteiger partial charge in [0.25, 0.3) is 0 Å².